The number of hydrogen-bond acceptors (Lipinski definition) is 8. The van der Waals surface area contributed by atoms with Gasteiger partial charge in [-0.1, -0.05) is 0 Å². The van der Waals surface area contributed by atoms with Crippen LogP contribution in [0.3, 0.4) is 0 Å². The van der Waals surface area contributed by atoms with E-state index in [1.807, 2.05) is 6.07 Å². The number of ether oxygens (including phenoxy) is 3. The smallest absolute Gasteiger partial charge is 0.312 e. The maximum absolute atomic E-state index is 12.0. The third kappa shape index (κ3) is 6.18. The van der Waals surface area contributed by atoms with E-state index in [2.05, 4.69) is 10.3 Å². The van der Waals surface area contributed by atoms with Crippen molar-refractivity contribution in [3.05, 3.63) is 29.3 Å². The Morgan fingerprint density at radius 3 is 2.55 bits per heavy atom. The number of nitrogens with one attached hydrogen (secondary N) is 1. The van der Waals surface area contributed by atoms with Crippen LogP contribution < -0.4 is 14.8 Å². The molecule has 2 rings (SSSR count). The van der Waals surface area contributed by atoms with Crippen LogP contribution >= 0.6 is 11.3 Å². The molecule has 0 radical (unpaired) electrons. The van der Waals surface area contributed by atoms with E-state index in [0.717, 1.165) is 10.6 Å². The maximum atomic E-state index is 12.0. The number of nitrogens with zero attached hydrogens (tertiary/aromatic N) is 2. The van der Waals surface area contributed by atoms with Gasteiger partial charge in [-0.2, -0.15) is 0 Å². The zero-order valence-corrected chi connectivity index (χ0v) is 17.5. The quantitative estimate of drug-likeness (QED) is 0.605. The largest absolute Gasteiger partial charge is 0.493 e. The number of esters is 1. The van der Waals surface area contributed by atoms with Gasteiger partial charge in [0.25, 0.3) is 5.91 Å². The molecule has 156 valence electrons. The Morgan fingerprint density at radius 1 is 1.17 bits per heavy atom. The number of methoxy groups -OCH3 is 2. The van der Waals surface area contributed by atoms with E-state index in [9.17, 15) is 14.4 Å². The number of carbonyl (C=O) groups is 3. The number of thiazole rings is 1. The van der Waals surface area contributed by atoms with Crippen molar-refractivity contribution in [1.82, 2.24) is 15.2 Å². The lowest BCUT2D eigenvalue weighted by Gasteiger charge is -2.15. The first-order valence-electron chi connectivity index (χ1n) is 8.64. The standard InChI is InChI=1S/C19H23N3O6S/c1-20-16(23)9-22(2)17(24)10-28-18(25)8-13-11-29-19(21-13)12-5-6-14(26-3)15(7-12)27-4/h5-7,11H,8-10H2,1-4H3,(H,20,23). The second kappa shape index (κ2) is 10.4. The highest BCUT2D eigenvalue weighted by atomic mass is 32.1. The SMILES string of the molecule is CNC(=O)CN(C)C(=O)COC(=O)Cc1csc(-c2ccc(OC)c(OC)c2)n1. The molecule has 1 heterocycles. The van der Waals surface area contributed by atoms with Gasteiger partial charge in [-0.05, 0) is 18.2 Å². The fraction of sp³-hybridized carbons (Fsp3) is 0.368. The summed E-state index contributed by atoms with van der Waals surface area (Å²) >= 11 is 1.38. The van der Waals surface area contributed by atoms with E-state index in [-0.39, 0.29) is 18.9 Å². The van der Waals surface area contributed by atoms with Crippen molar-refractivity contribution < 1.29 is 28.6 Å². The number of benzene rings is 1. The Hall–Kier alpha value is -3.14. The molecular weight excluding hydrogens is 398 g/mol. The molecule has 0 aliphatic carbocycles. The second-order valence-corrected chi connectivity index (χ2v) is 6.83. The van der Waals surface area contributed by atoms with Crippen molar-refractivity contribution in [3.8, 4) is 22.1 Å². The van der Waals surface area contributed by atoms with Crippen molar-refractivity contribution >= 4 is 29.1 Å². The average Bonchev–Trinajstić information content (AvgIpc) is 3.19. The lowest BCUT2D eigenvalue weighted by Crippen LogP contribution is -2.39. The van der Waals surface area contributed by atoms with E-state index >= 15 is 0 Å². The van der Waals surface area contributed by atoms with Gasteiger partial charge in [-0.25, -0.2) is 4.98 Å². The number of rotatable bonds is 9. The Bertz CT molecular complexity index is 883. The van der Waals surface area contributed by atoms with Crippen molar-refractivity contribution in [2.24, 2.45) is 0 Å². The lowest BCUT2D eigenvalue weighted by atomic mass is 10.2. The summed E-state index contributed by atoms with van der Waals surface area (Å²) in [5.41, 5.74) is 1.37. The summed E-state index contributed by atoms with van der Waals surface area (Å²) in [6, 6.07) is 5.44. The summed E-state index contributed by atoms with van der Waals surface area (Å²) < 4.78 is 15.5. The van der Waals surface area contributed by atoms with E-state index in [1.165, 1.54) is 30.3 Å². The molecule has 0 bridgehead atoms. The number of amides is 2. The molecule has 0 unspecified atom stereocenters. The molecule has 2 aromatic rings. The van der Waals surface area contributed by atoms with Crippen LogP contribution in [0, 0.1) is 0 Å². The van der Waals surface area contributed by atoms with Gasteiger partial charge in [-0.15, -0.1) is 11.3 Å². The van der Waals surface area contributed by atoms with Crippen molar-refractivity contribution in [2.75, 3.05) is 41.5 Å². The van der Waals surface area contributed by atoms with E-state index < -0.39 is 18.5 Å². The first kappa shape index (κ1) is 22.2. The predicted octanol–water partition coefficient (Wildman–Crippen LogP) is 1.12. The summed E-state index contributed by atoms with van der Waals surface area (Å²) in [4.78, 5) is 40.8. The number of aromatic nitrogens is 1. The van der Waals surface area contributed by atoms with Crippen LogP contribution in [0.4, 0.5) is 0 Å². The summed E-state index contributed by atoms with van der Waals surface area (Å²) in [5, 5.41) is 4.89. The first-order valence-corrected chi connectivity index (χ1v) is 9.52. The van der Waals surface area contributed by atoms with Crippen molar-refractivity contribution in [1.29, 1.82) is 0 Å². The van der Waals surface area contributed by atoms with Crippen LogP contribution in [-0.4, -0.2) is 69.1 Å². The normalized spacial score (nSPS) is 10.2. The molecule has 1 N–H and O–H groups in total. The Labute approximate surface area is 172 Å². The molecule has 1 aromatic heterocycles. The maximum Gasteiger partial charge on any atom is 0.312 e. The molecule has 0 saturated heterocycles. The molecule has 10 heteroatoms. The van der Waals surface area contributed by atoms with Gasteiger partial charge >= 0.3 is 5.97 Å². The van der Waals surface area contributed by atoms with Gasteiger partial charge in [0.15, 0.2) is 18.1 Å². The summed E-state index contributed by atoms with van der Waals surface area (Å²) in [5.74, 6) is -0.150. The van der Waals surface area contributed by atoms with Crippen LogP contribution in [0.15, 0.2) is 23.6 Å². The topological polar surface area (TPSA) is 107 Å². The van der Waals surface area contributed by atoms with Crippen LogP contribution in [-0.2, 0) is 25.5 Å². The molecule has 0 atom stereocenters. The minimum absolute atomic E-state index is 0.0593. The molecule has 1 aromatic carbocycles. The predicted molar refractivity (Wildman–Crippen MR) is 107 cm³/mol. The molecule has 9 nitrogen and oxygen atoms in total. The van der Waals surface area contributed by atoms with Gasteiger partial charge in [0, 0.05) is 25.0 Å². The monoisotopic (exact) mass is 421 g/mol. The highest BCUT2D eigenvalue weighted by molar-refractivity contribution is 7.13. The molecule has 2 amide bonds. The minimum atomic E-state index is -0.573. The molecular formula is C19H23N3O6S. The summed E-state index contributed by atoms with van der Waals surface area (Å²) in [7, 11) is 6.05. The van der Waals surface area contributed by atoms with Gasteiger partial charge in [0.1, 0.15) is 5.01 Å². The summed E-state index contributed by atoms with van der Waals surface area (Å²) in [6.45, 7) is -0.535. The fourth-order valence-corrected chi connectivity index (χ4v) is 3.14. The number of hydrogen-bond donors (Lipinski definition) is 1. The van der Waals surface area contributed by atoms with Crippen LogP contribution in [0.1, 0.15) is 5.69 Å². The molecule has 0 aliphatic rings. The number of likely N-dealkylation sites (N-methyl/N-ethyl adjacent to an activating group) is 2. The van der Waals surface area contributed by atoms with Gasteiger partial charge in [0.05, 0.1) is 32.9 Å². The lowest BCUT2D eigenvalue weighted by molar-refractivity contribution is -0.151. The highest BCUT2D eigenvalue weighted by Crippen LogP contribution is 2.33. The molecule has 29 heavy (non-hydrogen) atoms. The second-order valence-electron chi connectivity index (χ2n) is 5.97. The van der Waals surface area contributed by atoms with E-state index in [4.69, 9.17) is 14.2 Å². The average molecular weight is 421 g/mol. The third-order valence-electron chi connectivity index (χ3n) is 3.95. The summed E-state index contributed by atoms with van der Waals surface area (Å²) in [6.07, 6.45) is -0.0593. The van der Waals surface area contributed by atoms with Gasteiger partial charge in [-0.3, -0.25) is 14.4 Å². The highest BCUT2D eigenvalue weighted by Gasteiger charge is 2.16. The molecule has 0 aliphatic heterocycles. The van der Waals surface area contributed by atoms with Crippen LogP contribution in [0.25, 0.3) is 10.6 Å². The molecule has 0 spiro atoms. The Balaban J connectivity index is 1.92. The van der Waals surface area contributed by atoms with E-state index in [1.54, 1.807) is 31.7 Å². The van der Waals surface area contributed by atoms with E-state index in [0.29, 0.717) is 17.2 Å². The van der Waals surface area contributed by atoms with Crippen LogP contribution in [0.2, 0.25) is 0 Å². The Morgan fingerprint density at radius 2 is 1.90 bits per heavy atom. The first-order chi connectivity index (χ1) is 13.9. The molecule has 0 saturated carbocycles. The van der Waals surface area contributed by atoms with Crippen molar-refractivity contribution in [2.45, 2.75) is 6.42 Å². The van der Waals surface area contributed by atoms with Crippen molar-refractivity contribution in [3.63, 3.8) is 0 Å². The number of carbonyl (C=O) groups excluding carboxylic acids is 3. The van der Waals surface area contributed by atoms with Gasteiger partial charge < -0.3 is 24.4 Å². The van der Waals surface area contributed by atoms with Gasteiger partial charge in [0.2, 0.25) is 5.91 Å². The minimum Gasteiger partial charge on any atom is -0.493 e. The Kier molecular flexibility index (Phi) is 7.96. The van der Waals surface area contributed by atoms with Crippen LogP contribution in [0.5, 0.6) is 11.5 Å². The molecule has 0 fully saturated rings. The fourth-order valence-electron chi connectivity index (χ4n) is 2.32. The zero-order chi connectivity index (χ0) is 21.4. The zero-order valence-electron chi connectivity index (χ0n) is 16.7. The third-order valence-corrected chi connectivity index (χ3v) is 4.89.